The number of rotatable bonds is 5. The summed E-state index contributed by atoms with van der Waals surface area (Å²) >= 11 is 4.67. The van der Waals surface area contributed by atoms with Crippen LogP contribution in [0.5, 0.6) is 0 Å². The van der Waals surface area contributed by atoms with Gasteiger partial charge in [-0.1, -0.05) is 28.1 Å². The molecule has 1 N–H and O–H groups in total. The van der Waals surface area contributed by atoms with Crippen LogP contribution in [-0.2, 0) is 15.4 Å². The first-order valence-electron chi connectivity index (χ1n) is 6.21. The first-order chi connectivity index (χ1) is 9.58. The van der Waals surface area contributed by atoms with Crippen LogP contribution in [-0.4, -0.2) is 13.4 Å². The van der Waals surface area contributed by atoms with Gasteiger partial charge in [0.25, 0.3) is 10.0 Å². The molecule has 2 aromatic rings. The van der Waals surface area contributed by atoms with Gasteiger partial charge in [0.15, 0.2) is 5.13 Å². The maximum absolute atomic E-state index is 12.2. The van der Waals surface area contributed by atoms with Gasteiger partial charge in [-0.05, 0) is 30.5 Å². The molecule has 1 fully saturated rings. The van der Waals surface area contributed by atoms with Crippen molar-refractivity contribution in [1.82, 2.24) is 4.98 Å². The Balaban J connectivity index is 1.79. The first-order valence-corrected chi connectivity index (χ1v) is 9.70. The molecule has 0 bridgehead atoms. The number of hydrogen-bond acceptors (Lipinski definition) is 4. The zero-order valence-corrected chi connectivity index (χ0v) is 13.8. The molecule has 0 spiro atoms. The smallest absolute Gasteiger partial charge is 0.255 e. The second-order valence-corrected chi connectivity index (χ2v) is 7.84. The van der Waals surface area contributed by atoms with Crippen molar-refractivity contribution in [3.05, 3.63) is 40.9 Å². The zero-order valence-electron chi connectivity index (χ0n) is 10.5. The summed E-state index contributed by atoms with van der Waals surface area (Å²) in [6.45, 7) is 0. The molecule has 3 rings (SSSR count). The average molecular weight is 373 g/mol. The Morgan fingerprint density at radius 3 is 2.60 bits per heavy atom. The van der Waals surface area contributed by atoms with Crippen molar-refractivity contribution >= 4 is 42.4 Å². The summed E-state index contributed by atoms with van der Waals surface area (Å²) in [4.78, 5) is 4.59. The summed E-state index contributed by atoms with van der Waals surface area (Å²) in [6, 6.07) is 6.80. The van der Waals surface area contributed by atoms with E-state index in [1.54, 1.807) is 24.3 Å². The molecule has 0 amide bonds. The standard InChI is InChI=1S/C13H13BrN2O2S2/c14-7-9-1-5-11(6-2-9)20(17,18)16-13-15-12(8-19-13)10-3-4-10/h1-2,5-6,8,10H,3-4,7H2,(H,15,16). The fourth-order valence-electron chi connectivity index (χ4n) is 1.83. The minimum atomic E-state index is -3.55. The lowest BCUT2D eigenvalue weighted by Crippen LogP contribution is -2.12. The summed E-state index contributed by atoms with van der Waals surface area (Å²) in [7, 11) is -3.55. The number of sulfonamides is 1. The predicted octanol–water partition coefficient (Wildman–Crippen LogP) is 3.72. The third kappa shape index (κ3) is 3.05. The summed E-state index contributed by atoms with van der Waals surface area (Å²) in [5, 5.41) is 3.08. The number of thiazole rings is 1. The number of alkyl halides is 1. The lowest BCUT2D eigenvalue weighted by atomic mass is 10.2. The molecular weight excluding hydrogens is 360 g/mol. The van der Waals surface area contributed by atoms with E-state index in [9.17, 15) is 8.42 Å². The van der Waals surface area contributed by atoms with Crippen LogP contribution in [0.2, 0.25) is 0 Å². The van der Waals surface area contributed by atoms with E-state index in [-0.39, 0.29) is 4.90 Å². The van der Waals surface area contributed by atoms with Crippen LogP contribution >= 0.6 is 27.3 Å². The molecule has 0 saturated heterocycles. The average Bonchev–Trinajstić information content (AvgIpc) is 3.20. The number of nitrogens with zero attached hydrogens (tertiary/aromatic N) is 1. The van der Waals surface area contributed by atoms with Crippen molar-refractivity contribution in [2.45, 2.75) is 29.0 Å². The van der Waals surface area contributed by atoms with Crippen LogP contribution in [0.3, 0.4) is 0 Å². The Labute approximate surface area is 130 Å². The van der Waals surface area contributed by atoms with Gasteiger partial charge in [-0.15, -0.1) is 11.3 Å². The molecule has 7 heteroatoms. The van der Waals surface area contributed by atoms with Crippen LogP contribution in [0, 0.1) is 0 Å². The third-order valence-corrected chi connectivity index (χ3v) is 6.03. The Hall–Kier alpha value is -0.920. The van der Waals surface area contributed by atoms with Crippen molar-refractivity contribution < 1.29 is 8.42 Å². The van der Waals surface area contributed by atoms with Crippen LogP contribution in [0.15, 0.2) is 34.5 Å². The second kappa shape index (κ2) is 5.46. The van der Waals surface area contributed by atoms with Gasteiger partial charge in [0, 0.05) is 16.6 Å². The topological polar surface area (TPSA) is 59.1 Å². The number of nitrogens with one attached hydrogen (secondary N) is 1. The van der Waals surface area contributed by atoms with Gasteiger partial charge in [0.1, 0.15) is 0 Å². The van der Waals surface area contributed by atoms with E-state index in [1.165, 1.54) is 11.3 Å². The lowest BCUT2D eigenvalue weighted by molar-refractivity contribution is 0.601. The van der Waals surface area contributed by atoms with E-state index in [4.69, 9.17) is 0 Å². The van der Waals surface area contributed by atoms with Crippen LogP contribution in [0.25, 0.3) is 0 Å². The van der Waals surface area contributed by atoms with Gasteiger partial charge in [-0.3, -0.25) is 4.72 Å². The van der Waals surface area contributed by atoms with Crippen molar-refractivity contribution in [2.24, 2.45) is 0 Å². The summed E-state index contributed by atoms with van der Waals surface area (Å²) < 4.78 is 27.0. The quantitative estimate of drug-likeness (QED) is 0.813. The molecular formula is C13H13BrN2O2S2. The number of aromatic nitrogens is 1. The largest absolute Gasteiger partial charge is 0.263 e. The highest BCUT2D eigenvalue weighted by atomic mass is 79.9. The molecule has 0 aliphatic heterocycles. The fourth-order valence-corrected chi connectivity index (χ4v) is 4.25. The normalized spacial score (nSPS) is 15.2. The highest BCUT2D eigenvalue weighted by Gasteiger charge is 2.26. The molecule has 1 aromatic carbocycles. The number of hydrogen-bond donors (Lipinski definition) is 1. The van der Waals surface area contributed by atoms with Crippen molar-refractivity contribution in [3.63, 3.8) is 0 Å². The van der Waals surface area contributed by atoms with E-state index < -0.39 is 10.0 Å². The Morgan fingerprint density at radius 1 is 1.30 bits per heavy atom. The van der Waals surface area contributed by atoms with Gasteiger partial charge < -0.3 is 0 Å². The van der Waals surface area contributed by atoms with E-state index in [0.717, 1.165) is 24.1 Å². The van der Waals surface area contributed by atoms with E-state index in [0.29, 0.717) is 16.4 Å². The van der Waals surface area contributed by atoms with Gasteiger partial charge in [-0.25, -0.2) is 13.4 Å². The minimum absolute atomic E-state index is 0.255. The monoisotopic (exact) mass is 372 g/mol. The molecule has 1 saturated carbocycles. The van der Waals surface area contributed by atoms with Crippen LogP contribution < -0.4 is 4.72 Å². The highest BCUT2D eigenvalue weighted by molar-refractivity contribution is 9.08. The van der Waals surface area contributed by atoms with Gasteiger partial charge in [-0.2, -0.15) is 0 Å². The fraction of sp³-hybridized carbons (Fsp3) is 0.308. The van der Waals surface area contributed by atoms with E-state index >= 15 is 0 Å². The molecule has 4 nitrogen and oxygen atoms in total. The second-order valence-electron chi connectivity index (χ2n) is 4.73. The van der Waals surface area contributed by atoms with Crippen LogP contribution in [0.1, 0.15) is 30.0 Å². The van der Waals surface area contributed by atoms with Gasteiger partial charge in [0.2, 0.25) is 0 Å². The molecule has 0 atom stereocenters. The molecule has 1 aromatic heterocycles. The van der Waals surface area contributed by atoms with Crippen molar-refractivity contribution in [2.75, 3.05) is 4.72 Å². The lowest BCUT2D eigenvalue weighted by Gasteiger charge is -2.05. The number of benzene rings is 1. The highest BCUT2D eigenvalue weighted by Crippen LogP contribution is 2.41. The van der Waals surface area contributed by atoms with Crippen molar-refractivity contribution in [3.8, 4) is 0 Å². The number of anilines is 1. The molecule has 1 aliphatic rings. The van der Waals surface area contributed by atoms with Crippen molar-refractivity contribution in [1.29, 1.82) is 0 Å². The number of halogens is 1. The molecule has 0 radical (unpaired) electrons. The van der Waals surface area contributed by atoms with E-state index in [1.807, 2.05) is 5.38 Å². The molecule has 0 unspecified atom stereocenters. The molecule has 20 heavy (non-hydrogen) atoms. The molecule has 1 aliphatic carbocycles. The van der Waals surface area contributed by atoms with Crippen LogP contribution in [0.4, 0.5) is 5.13 Å². The third-order valence-electron chi connectivity index (χ3n) is 3.13. The first kappa shape index (κ1) is 14.0. The summed E-state index contributed by atoms with van der Waals surface area (Å²) in [5.74, 6) is 0.530. The molecule has 1 heterocycles. The maximum atomic E-state index is 12.2. The Bertz CT molecular complexity index is 706. The van der Waals surface area contributed by atoms with Gasteiger partial charge >= 0.3 is 0 Å². The zero-order chi connectivity index (χ0) is 14.2. The minimum Gasteiger partial charge on any atom is -0.255 e. The SMILES string of the molecule is O=S(=O)(Nc1nc(C2CC2)cs1)c1ccc(CBr)cc1. The Morgan fingerprint density at radius 2 is 2.00 bits per heavy atom. The maximum Gasteiger partial charge on any atom is 0.263 e. The summed E-state index contributed by atoms with van der Waals surface area (Å²) in [5.41, 5.74) is 2.04. The predicted molar refractivity (Wildman–Crippen MR) is 84.0 cm³/mol. The van der Waals surface area contributed by atoms with E-state index in [2.05, 4.69) is 25.6 Å². The molecule has 106 valence electrons. The Kier molecular flexibility index (Phi) is 3.83. The summed E-state index contributed by atoms with van der Waals surface area (Å²) in [6.07, 6.45) is 2.31. The van der Waals surface area contributed by atoms with Gasteiger partial charge in [0.05, 0.1) is 10.6 Å².